The van der Waals surface area contributed by atoms with Crippen molar-refractivity contribution in [3.05, 3.63) is 35.4 Å². The summed E-state index contributed by atoms with van der Waals surface area (Å²) >= 11 is 0. The van der Waals surface area contributed by atoms with Gasteiger partial charge in [0.25, 0.3) is 0 Å². The van der Waals surface area contributed by atoms with Gasteiger partial charge in [-0.05, 0) is 43.4 Å². The average molecular weight is 367 g/mol. The standard InChI is InChI=1S/C19H27F2N3O2/c1-26-18-4-8-24(9-5-18)19(25)22-17-2-6-23(7-3-17)13-14-10-15(20)12-16(21)11-14/h10-12,17-18H,2-9,13H2,1H3,(H,22,25). The van der Waals surface area contributed by atoms with Gasteiger partial charge in [0, 0.05) is 51.9 Å². The van der Waals surface area contributed by atoms with E-state index in [2.05, 4.69) is 10.2 Å². The van der Waals surface area contributed by atoms with Crippen molar-refractivity contribution in [3.63, 3.8) is 0 Å². The van der Waals surface area contributed by atoms with Crippen LogP contribution in [0.3, 0.4) is 0 Å². The van der Waals surface area contributed by atoms with Crippen molar-refractivity contribution in [1.29, 1.82) is 0 Å². The Balaban J connectivity index is 1.41. The maximum atomic E-state index is 13.3. The molecule has 144 valence electrons. The first-order valence-corrected chi connectivity index (χ1v) is 9.29. The van der Waals surface area contributed by atoms with E-state index >= 15 is 0 Å². The maximum Gasteiger partial charge on any atom is 0.317 e. The molecule has 1 N–H and O–H groups in total. The van der Waals surface area contributed by atoms with Crippen molar-refractivity contribution in [2.45, 2.75) is 44.4 Å². The summed E-state index contributed by atoms with van der Waals surface area (Å²) < 4.78 is 31.9. The number of nitrogens with one attached hydrogen (secondary N) is 1. The fraction of sp³-hybridized carbons (Fsp3) is 0.632. The normalized spacial score (nSPS) is 20.3. The van der Waals surface area contributed by atoms with Crippen molar-refractivity contribution >= 4 is 6.03 Å². The molecule has 0 atom stereocenters. The fourth-order valence-electron chi connectivity index (χ4n) is 3.76. The van der Waals surface area contributed by atoms with Crippen LogP contribution in [-0.2, 0) is 11.3 Å². The molecule has 0 saturated carbocycles. The Morgan fingerprint density at radius 3 is 2.27 bits per heavy atom. The van der Waals surface area contributed by atoms with Gasteiger partial charge in [0.1, 0.15) is 11.6 Å². The van der Waals surface area contributed by atoms with E-state index < -0.39 is 11.6 Å². The van der Waals surface area contributed by atoms with Crippen LogP contribution in [-0.4, -0.2) is 61.3 Å². The number of nitrogens with zero attached hydrogens (tertiary/aromatic N) is 2. The molecule has 3 rings (SSSR count). The number of likely N-dealkylation sites (tertiary alicyclic amines) is 2. The molecule has 0 unspecified atom stereocenters. The van der Waals surface area contributed by atoms with E-state index in [-0.39, 0.29) is 18.2 Å². The number of carbonyl (C=O) groups excluding carboxylic acids is 1. The van der Waals surface area contributed by atoms with Crippen LogP contribution in [0.1, 0.15) is 31.2 Å². The van der Waals surface area contributed by atoms with Gasteiger partial charge in [-0.1, -0.05) is 0 Å². The Kier molecular flexibility index (Phi) is 6.43. The van der Waals surface area contributed by atoms with Gasteiger partial charge >= 0.3 is 6.03 Å². The summed E-state index contributed by atoms with van der Waals surface area (Å²) in [6.45, 7) is 3.59. The molecule has 5 nitrogen and oxygen atoms in total. The monoisotopic (exact) mass is 367 g/mol. The number of methoxy groups -OCH3 is 1. The summed E-state index contributed by atoms with van der Waals surface area (Å²) in [4.78, 5) is 16.4. The molecule has 0 aromatic heterocycles. The summed E-state index contributed by atoms with van der Waals surface area (Å²) in [6.07, 6.45) is 3.71. The number of benzene rings is 1. The highest BCUT2D eigenvalue weighted by atomic mass is 19.1. The highest BCUT2D eigenvalue weighted by Crippen LogP contribution is 2.17. The summed E-state index contributed by atoms with van der Waals surface area (Å²) in [7, 11) is 1.71. The quantitative estimate of drug-likeness (QED) is 0.890. The topological polar surface area (TPSA) is 44.8 Å². The number of amides is 2. The lowest BCUT2D eigenvalue weighted by molar-refractivity contribution is 0.0495. The molecule has 2 heterocycles. The second-order valence-corrected chi connectivity index (χ2v) is 7.20. The van der Waals surface area contributed by atoms with E-state index in [4.69, 9.17) is 4.74 Å². The van der Waals surface area contributed by atoms with Crippen LogP contribution in [0.5, 0.6) is 0 Å². The predicted molar refractivity (Wildman–Crippen MR) is 94.8 cm³/mol. The van der Waals surface area contributed by atoms with Gasteiger partial charge in [0.2, 0.25) is 0 Å². The Morgan fingerprint density at radius 1 is 1.08 bits per heavy atom. The molecule has 1 aromatic carbocycles. The first-order chi connectivity index (χ1) is 12.5. The number of hydrogen-bond acceptors (Lipinski definition) is 3. The molecule has 2 aliphatic heterocycles. The van der Waals surface area contributed by atoms with Crippen LogP contribution in [0.2, 0.25) is 0 Å². The van der Waals surface area contributed by atoms with Gasteiger partial charge in [-0.15, -0.1) is 0 Å². The van der Waals surface area contributed by atoms with Crippen LogP contribution in [0.15, 0.2) is 18.2 Å². The first kappa shape index (κ1) is 19.0. The van der Waals surface area contributed by atoms with E-state index in [1.165, 1.54) is 12.1 Å². The molecular weight excluding hydrogens is 340 g/mol. The van der Waals surface area contributed by atoms with Crippen LogP contribution in [0.4, 0.5) is 13.6 Å². The lowest BCUT2D eigenvalue weighted by Crippen LogP contribution is -2.51. The minimum absolute atomic E-state index is 0.00482. The second kappa shape index (κ2) is 8.77. The minimum atomic E-state index is -0.542. The molecule has 2 amide bonds. The zero-order valence-corrected chi connectivity index (χ0v) is 15.2. The molecule has 0 bridgehead atoms. The smallest absolute Gasteiger partial charge is 0.317 e. The molecule has 2 saturated heterocycles. The summed E-state index contributed by atoms with van der Waals surface area (Å²) in [6, 6.07) is 3.80. The molecule has 2 fully saturated rings. The largest absolute Gasteiger partial charge is 0.381 e. The lowest BCUT2D eigenvalue weighted by atomic mass is 10.0. The SMILES string of the molecule is COC1CCN(C(=O)NC2CCN(Cc3cc(F)cc(F)c3)CC2)CC1. The molecule has 7 heteroatoms. The van der Waals surface area contributed by atoms with Crippen molar-refractivity contribution in [3.8, 4) is 0 Å². The van der Waals surface area contributed by atoms with E-state index in [1.54, 1.807) is 7.11 Å². The highest BCUT2D eigenvalue weighted by molar-refractivity contribution is 5.74. The Labute approximate surface area is 153 Å². The number of rotatable bonds is 4. The van der Waals surface area contributed by atoms with Crippen LogP contribution < -0.4 is 5.32 Å². The van der Waals surface area contributed by atoms with E-state index in [1.807, 2.05) is 4.90 Å². The molecular formula is C19H27F2N3O2. The average Bonchev–Trinajstić information content (AvgIpc) is 2.62. The molecule has 0 spiro atoms. The van der Waals surface area contributed by atoms with Crippen LogP contribution >= 0.6 is 0 Å². The van der Waals surface area contributed by atoms with Gasteiger partial charge < -0.3 is 15.0 Å². The minimum Gasteiger partial charge on any atom is -0.381 e. The molecule has 0 aliphatic carbocycles. The third-order valence-electron chi connectivity index (χ3n) is 5.31. The van der Waals surface area contributed by atoms with Crippen molar-refractivity contribution in [2.24, 2.45) is 0 Å². The third-order valence-corrected chi connectivity index (χ3v) is 5.31. The summed E-state index contributed by atoms with van der Waals surface area (Å²) in [5.41, 5.74) is 0.644. The Bertz CT molecular complexity index is 593. The van der Waals surface area contributed by atoms with Gasteiger partial charge in [-0.25, -0.2) is 13.6 Å². The molecule has 1 aromatic rings. The number of ether oxygens (including phenoxy) is 1. The van der Waals surface area contributed by atoms with Crippen molar-refractivity contribution < 1.29 is 18.3 Å². The third kappa shape index (κ3) is 5.14. The van der Waals surface area contributed by atoms with E-state index in [0.717, 1.165) is 57.9 Å². The Hall–Kier alpha value is -1.73. The van der Waals surface area contributed by atoms with Gasteiger partial charge in [0.05, 0.1) is 6.10 Å². The predicted octanol–water partition coefficient (Wildman–Crippen LogP) is 2.75. The van der Waals surface area contributed by atoms with Crippen molar-refractivity contribution in [2.75, 3.05) is 33.3 Å². The zero-order valence-electron chi connectivity index (χ0n) is 15.2. The van der Waals surface area contributed by atoms with Gasteiger partial charge in [0.15, 0.2) is 0 Å². The Morgan fingerprint density at radius 2 is 1.69 bits per heavy atom. The number of piperidine rings is 2. The molecule has 26 heavy (non-hydrogen) atoms. The van der Waals surface area contributed by atoms with Gasteiger partial charge in [-0.2, -0.15) is 0 Å². The number of carbonyl (C=O) groups is 1. The number of hydrogen-bond donors (Lipinski definition) is 1. The first-order valence-electron chi connectivity index (χ1n) is 9.29. The summed E-state index contributed by atoms with van der Waals surface area (Å²) in [5, 5.41) is 3.12. The molecule has 2 aliphatic rings. The fourth-order valence-corrected chi connectivity index (χ4v) is 3.76. The van der Waals surface area contributed by atoms with Gasteiger partial charge in [-0.3, -0.25) is 4.90 Å². The van der Waals surface area contributed by atoms with Crippen LogP contribution in [0.25, 0.3) is 0 Å². The van der Waals surface area contributed by atoms with E-state index in [0.29, 0.717) is 12.1 Å². The lowest BCUT2D eigenvalue weighted by Gasteiger charge is -2.35. The number of urea groups is 1. The zero-order chi connectivity index (χ0) is 18.5. The van der Waals surface area contributed by atoms with E-state index in [9.17, 15) is 13.6 Å². The van der Waals surface area contributed by atoms with Crippen LogP contribution in [0, 0.1) is 11.6 Å². The highest BCUT2D eigenvalue weighted by Gasteiger charge is 2.26. The molecule has 0 radical (unpaired) electrons. The second-order valence-electron chi connectivity index (χ2n) is 7.20. The number of halogens is 2. The summed E-state index contributed by atoms with van der Waals surface area (Å²) in [5.74, 6) is -1.08. The van der Waals surface area contributed by atoms with Crippen molar-refractivity contribution in [1.82, 2.24) is 15.1 Å². The maximum absolute atomic E-state index is 13.3.